The van der Waals surface area contributed by atoms with E-state index in [1.165, 1.54) is 7.11 Å². The summed E-state index contributed by atoms with van der Waals surface area (Å²) in [6.45, 7) is 3.84. The number of hydrogen-bond acceptors (Lipinski definition) is 4. The number of hydrogen-bond donors (Lipinski definition) is 1. The summed E-state index contributed by atoms with van der Waals surface area (Å²) < 4.78 is 10.5. The van der Waals surface area contributed by atoms with Crippen LogP contribution in [-0.4, -0.2) is 25.1 Å². The number of benzene rings is 2. The van der Waals surface area contributed by atoms with Gasteiger partial charge in [-0.25, -0.2) is 4.79 Å². The summed E-state index contributed by atoms with van der Waals surface area (Å²) in [5, 5.41) is 2.78. The monoisotopic (exact) mass is 327 g/mol. The second kappa shape index (κ2) is 8.15. The molecule has 0 saturated carbocycles. The molecule has 0 heterocycles. The summed E-state index contributed by atoms with van der Waals surface area (Å²) in [5.41, 5.74) is 1.96. The number of ether oxygens (including phenoxy) is 2. The first-order chi connectivity index (χ1) is 11.5. The molecule has 2 aromatic carbocycles. The molecule has 0 unspecified atom stereocenters. The van der Waals surface area contributed by atoms with Gasteiger partial charge < -0.3 is 14.8 Å². The fraction of sp³-hybridized carbons (Fsp3) is 0.263. The first-order valence-corrected chi connectivity index (χ1v) is 7.76. The largest absolute Gasteiger partial charge is 0.481 e. The number of aryl methyl sites for hydroxylation is 1. The van der Waals surface area contributed by atoms with Gasteiger partial charge in [0.15, 0.2) is 6.10 Å². The Bertz CT molecular complexity index is 727. The van der Waals surface area contributed by atoms with Crippen LogP contribution in [0.15, 0.2) is 48.5 Å². The molecule has 2 aromatic rings. The minimum absolute atomic E-state index is 0.263. The van der Waals surface area contributed by atoms with Gasteiger partial charge in [0, 0.05) is 5.69 Å². The molecule has 0 aliphatic rings. The van der Waals surface area contributed by atoms with E-state index in [1.807, 2.05) is 38.1 Å². The smallest absolute Gasteiger partial charge is 0.337 e. The van der Waals surface area contributed by atoms with Crippen molar-refractivity contribution in [1.29, 1.82) is 0 Å². The van der Waals surface area contributed by atoms with Gasteiger partial charge in [0.25, 0.3) is 5.91 Å². The van der Waals surface area contributed by atoms with Crippen molar-refractivity contribution in [3.8, 4) is 5.75 Å². The zero-order valence-electron chi connectivity index (χ0n) is 14.0. The lowest BCUT2D eigenvalue weighted by Gasteiger charge is -2.17. The van der Waals surface area contributed by atoms with E-state index in [0.29, 0.717) is 23.4 Å². The highest BCUT2D eigenvalue weighted by molar-refractivity contribution is 5.96. The molecule has 0 fully saturated rings. The molecule has 0 saturated heterocycles. The Morgan fingerprint density at radius 3 is 2.54 bits per heavy atom. The van der Waals surface area contributed by atoms with Crippen LogP contribution in [0.2, 0.25) is 0 Å². The first kappa shape index (κ1) is 17.5. The maximum Gasteiger partial charge on any atom is 0.337 e. The topological polar surface area (TPSA) is 64.6 Å². The Kier molecular flexibility index (Phi) is 5.95. The summed E-state index contributed by atoms with van der Waals surface area (Å²) in [7, 11) is 1.32. The molecule has 0 bridgehead atoms. The first-order valence-electron chi connectivity index (χ1n) is 7.76. The van der Waals surface area contributed by atoms with Crippen molar-refractivity contribution >= 4 is 17.6 Å². The highest BCUT2D eigenvalue weighted by atomic mass is 16.5. The second-order valence-electron chi connectivity index (χ2n) is 5.39. The van der Waals surface area contributed by atoms with Crippen LogP contribution in [0.5, 0.6) is 5.75 Å². The van der Waals surface area contributed by atoms with Crippen molar-refractivity contribution in [2.24, 2.45) is 0 Å². The fourth-order valence-electron chi connectivity index (χ4n) is 2.24. The van der Waals surface area contributed by atoms with Crippen molar-refractivity contribution in [3.05, 3.63) is 59.7 Å². The third kappa shape index (κ3) is 4.59. The Morgan fingerprint density at radius 1 is 1.12 bits per heavy atom. The molecule has 0 aromatic heterocycles. The van der Waals surface area contributed by atoms with E-state index in [2.05, 4.69) is 10.1 Å². The van der Waals surface area contributed by atoms with Crippen molar-refractivity contribution in [2.75, 3.05) is 12.4 Å². The third-order valence-electron chi connectivity index (χ3n) is 3.48. The van der Waals surface area contributed by atoms with Gasteiger partial charge in [0.1, 0.15) is 5.75 Å². The van der Waals surface area contributed by atoms with Crippen molar-refractivity contribution in [3.63, 3.8) is 0 Å². The van der Waals surface area contributed by atoms with Gasteiger partial charge in [-0.2, -0.15) is 0 Å². The van der Waals surface area contributed by atoms with E-state index >= 15 is 0 Å². The van der Waals surface area contributed by atoms with Crippen LogP contribution in [0.25, 0.3) is 0 Å². The highest BCUT2D eigenvalue weighted by Crippen LogP contribution is 2.17. The summed E-state index contributed by atoms with van der Waals surface area (Å²) in [6, 6.07) is 14.1. The van der Waals surface area contributed by atoms with E-state index in [0.717, 1.165) is 5.56 Å². The number of anilines is 1. The predicted octanol–water partition coefficient (Wildman–Crippen LogP) is 3.58. The quantitative estimate of drug-likeness (QED) is 0.824. The number of methoxy groups -OCH3 is 1. The number of carbonyl (C=O) groups excluding carboxylic acids is 2. The fourth-order valence-corrected chi connectivity index (χ4v) is 2.24. The zero-order chi connectivity index (χ0) is 17.5. The molecule has 2 rings (SSSR count). The van der Waals surface area contributed by atoms with Gasteiger partial charge in [-0.05, 0) is 49.2 Å². The van der Waals surface area contributed by atoms with Crippen LogP contribution < -0.4 is 10.1 Å². The Hall–Kier alpha value is -2.82. The molecule has 0 spiro atoms. The molecule has 0 aliphatic heterocycles. The Labute approximate surface area is 141 Å². The number of esters is 1. The maximum atomic E-state index is 12.4. The lowest BCUT2D eigenvalue weighted by atomic mass is 10.2. The third-order valence-corrected chi connectivity index (χ3v) is 3.48. The average molecular weight is 327 g/mol. The minimum Gasteiger partial charge on any atom is -0.481 e. The SMILES string of the molecule is CC[C@H](Oc1cccc(C)c1)C(=O)Nc1cccc(C(=O)OC)c1. The Balaban J connectivity index is 2.08. The maximum absolute atomic E-state index is 12.4. The van der Waals surface area contributed by atoms with Gasteiger partial charge in [-0.15, -0.1) is 0 Å². The van der Waals surface area contributed by atoms with Gasteiger partial charge in [-0.1, -0.05) is 25.1 Å². The predicted molar refractivity (Wildman–Crippen MR) is 92.3 cm³/mol. The molecule has 1 N–H and O–H groups in total. The second-order valence-corrected chi connectivity index (χ2v) is 5.39. The number of carbonyl (C=O) groups is 2. The van der Waals surface area contributed by atoms with Crippen LogP contribution in [0.1, 0.15) is 29.3 Å². The lowest BCUT2D eigenvalue weighted by Crippen LogP contribution is -2.32. The summed E-state index contributed by atoms with van der Waals surface area (Å²) >= 11 is 0. The van der Waals surface area contributed by atoms with Crippen LogP contribution in [0.3, 0.4) is 0 Å². The molecule has 126 valence electrons. The van der Waals surface area contributed by atoms with Gasteiger partial charge in [0.05, 0.1) is 12.7 Å². The summed E-state index contributed by atoms with van der Waals surface area (Å²) in [6.07, 6.45) is -0.0928. The summed E-state index contributed by atoms with van der Waals surface area (Å²) in [5.74, 6) is -0.0597. The zero-order valence-corrected chi connectivity index (χ0v) is 14.0. The molecule has 0 aliphatic carbocycles. The minimum atomic E-state index is -0.617. The molecule has 1 atom stereocenters. The number of rotatable bonds is 6. The standard InChI is InChI=1S/C19H21NO4/c1-4-17(24-16-10-5-7-13(2)11-16)18(21)20-15-9-6-8-14(12-15)19(22)23-3/h5-12,17H,4H2,1-3H3,(H,20,21)/t17-/m0/s1. The molecular formula is C19H21NO4. The van der Waals surface area contributed by atoms with Crippen LogP contribution >= 0.6 is 0 Å². The molecule has 24 heavy (non-hydrogen) atoms. The van der Waals surface area contributed by atoms with Crippen LogP contribution in [0.4, 0.5) is 5.69 Å². The molecular weight excluding hydrogens is 306 g/mol. The molecule has 5 nitrogen and oxygen atoms in total. The summed E-state index contributed by atoms with van der Waals surface area (Å²) in [4.78, 5) is 24.0. The van der Waals surface area contributed by atoms with E-state index in [1.54, 1.807) is 24.3 Å². The molecule has 5 heteroatoms. The highest BCUT2D eigenvalue weighted by Gasteiger charge is 2.19. The van der Waals surface area contributed by atoms with Crippen LogP contribution in [-0.2, 0) is 9.53 Å². The van der Waals surface area contributed by atoms with Gasteiger partial charge in [0.2, 0.25) is 0 Å². The van der Waals surface area contributed by atoms with Gasteiger partial charge in [-0.3, -0.25) is 4.79 Å². The number of nitrogens with one attached hydrogen (secondary N) is 1. The Morgan fingerprint density at radius 2 is 1.88 bits per heavy atom. The van der Waals surface area contributed by atoms with Crippen molar-refractivity contribution < 1.29 is 19.1 Å². The van der Waals surface area contributed by atoms with Crippen LogP contribution in [0, 0.1) is 6.92 Å². The van der Waals surface area contributed by atoms with E-state index in [-0.39, 0.29) is 5.91 Å². The van der Waals surface area contributed by atoms with Gasteiger partial charge >= 0.3 is 5.97 Å². The normalized spacial score (nSPS) is 11.5. The van der Waals surface area contributed by atoms with E-state index < -0.39 is 12.1 Å². The lowest BCUT2D eigenvalue weighted by molar-refractivity contribution is -0.122. The molecule has 1 amide bonds. The van der Waals surface area contributed by atoms with E-state index in [4.69, 9.17) is 4.74 Å². The average Bonchev–Trinajstić information content (AvgIpc) is 2.59. The van der Waals surface area contributed by atoms with Crippen molar-refractivity contribution in [1.82, 2.24) is 0 Å². The van der Waals surface area contributed by atoms with Crippen molar-refractivity contribution in [2.45, 2.75) is 26.4 Å². The van der Waals surface area contributed by atoms with E-state index in [9.17, 15) is 9.59 Å². The number of amides is 1. The molecule has 0 radical (unpaired) electrons.